The van der Waals surface area contributed by atoms with Gasteiger partial charge in [0.2, 0.25) is 5.91 Å². The number of rotatable bonds is 6. The van der Waals surface area contributed by atoms with Crippen LogP contribution in [0.2, 0.25) is 0 Å². The Balaban J connectivity index is 1.54. The fourth-order valence-electron chi connectivity index (χ4n) is 4.17. The van der Waals surface area contributed by atoms with Crippen molar-refractivity contribution in [3.8, 4) is 0 Å². The maximum atomic E-state index is 12.4. The molecule has 0 saturated carbocycles. The topological polar surface area (TPSA) is 78.5 Å². The van der Waals surface area contributed by atoms with Crippen LogP contribution < -0.4 is 0 Å². The summed E-state index contributed by atoms with van der Waals surface area (Å²) in [4.78, 5) is 35.8. The van der Waals surface area contributed by atoms with Crippen molar-refractivity contribution >= 4 is 11.8 Å². The molecule has 26 heavy (non-hydrogen) atoms. The molecule has 2 fully saturated rings. The number of H-pyrrole nitrogens is 1. The van der Waals surface area contributed by atoms with Gasteiger partial charge < -0.3 is 19.5 Å². The lowest BCUT2D eigenvalue weighted by molar-refractivity contribution is -0.148. The van der Waals surface area contributed by atoms with Crippen molar-refractivity contribution in [2.45, 2.75) is 52.1 Å². The van der Waals surface area contributed by atoms with Crippen molar-refractivity contribution in [2.24, 2.45) is 5.41 Å². The van der Waals surface area contributed by atoms with Crippen LogP contribution in [0.1, 0.15) is 45.2 Å². The molecule has 0 bridgehead atoms. The summed E-state index contributed by atoms with van der Waals surface area (Å²) in [5, 5.41) is 0. The van der Waals surface area contributed by atoms with Crippen molar-refractivity contribution in [1.82, 2.24) is 19.8 Å². The van der Waals surface area contributed by atoms with Gasteiger partial charge in [0.25, 0.3) is 5.91 Å². The third kappa shape index (κ3) is 4.26. The smallest absolute Gasteiger partial charge is 0.251 e. The van der Waals surface area contributed by atoms with E-state index >= 15 is 0 Å². The average Bonchev–Trinajstić information content (AvgIpc) is 3.16. The molecule has 1 aromatic heterocycles. The largest absolute Gasteiger partial charge is 0.369 e. The molecule has 7 heteroatoms. The number of piperidine rings is 2. The molecule has 0 aliphatic carbocycles. The van der Waals surface area contributed by atoms with E-state index in [-0.39, 0.29) is 23.3 Å². The molecule has 3 rings (SSSR count). The molecule has 1 spiro atoms. The highest BCUT2D eigenvalue weighted by atomic mass is 16.5. The van der Waals surface area contributed by atoms with Crippen LogP contribution in [-0.4, -0.2) is 70.5 Å². The third-order valence-electron chi connectivity index (χ3n) is 5.85. The third-order valence-corrected chi connectivity index (χ3v) is 5.85. The molecule has 2 saturated heterocycles. The summed E-state index contributed by atoms with van der Waals surface area (Å²) >= 11 is 0. The number of nitrogens with zero attached hydrogens (tertiary/aromatic N) is 3. The molecule has 1 aromatic rings. The second kappa shape index (κ2) is 8.20. The Bertz CT molecular complexity index is 608. The fraction of sp³-hybridized carbons (Fsp3) is 0.737. The molecule has 0 unspecified atom stereocenters. The number of likely N-dealkylation sites (tertiary alicyclic amines) is 2. The van der Waals surface area contributed by atoms with Crippen LogP contribution in [0.25, 0.3) is 0 Å². The number of imidazole rings is 1. The normalized spacial score (nSPS) is 21.2. The van der Waals surface area contributed by atoms with Gasteiger partial charge in [0.1, 0.15) is 6.10 Å². The first-order valence-electron chi connectivity index (χ1n) is 9.68. The standard InChI is InChI=1S/C19H30N4O3/c1-3-26-15(2)18(25)22-10-7-19(8-11-22)6-4-17(24)23(13-19)9-5-16-12-20-14-21-16/h12,14-15H,3-11,13H2,1-2H3,(H,20,21)/t15-/m0/s1. The van der Waals surface area contributed by atoms with E-state index < -0.39 is 0 Å². The zero-order valence-electron chi connectivity index (χ0n) is 15.9. The van der Waals surface area contributed by atoms with Crippen molar-refractivity contribution in [3.05, 3.63) is 18.2 Å². The van der Waals surface area contributed by atoms with Gasteiger partial charge in [-0.15, -0.1) is 0 Å². The Kier molecular flexibility index (Phi) is 5.96. The number of amides is 2. The Morgan fingerprint density at radius 2 is 2.15 bits per heavy atom. The molecular formula is C19H30N4O3. The van der Waals surface area contributed by atoms with Crippen LogP contribution in [0.15, 0.2) is 12.5 Å². The van der Waals surface area contributed by atoms with Gasteiger partial charge in [-0.1, -0.05) is 0 Å². The zero-order valence-corrected chi connectivity index (χ0v) is 15.9. The number of ether oxygens (including phenoxy) is 1. The van der Waals surface area contributed by atoms with Gasteiger partial charge in [-0.25, -0.2) is 4.98 Å². The Labute approximate surface area is 155 Å². The van der Waals surface area contributed by atoms with E-state index in [9.17, 15) is 9.59 Å². The SMILES string of the molecule is CCO[C@@H](C)C(=O)N1CCC2(CCC(=O)N(CCc3cnc[nH]3)C2)CC1. The number of carbonyl (C=O) groups is 2. The Hall–Kier alpha value is -1.89. The summed E-state index contributed by atoms with van der Waals surface area (Å²) < 4.78 is 5.44. The van der Waals surface area contributed by atoms with Crippen molar-refractivity contribution in [3.63, 3.8) is 0 Å². The monoisotopic (exact) mass is 362 g/mol. The van der Waals surface area contributed by atoms with Crippen LogP contribution in [0, 0.1) is 5.41 Å². The molecule has 2 aliphatic rings. The number of nitrogens with one attached hydrogen (secondary N) is 1. The Morgan fingerprint density at radius 3 is 2.81 bits per heavy atom. The molecular weight excluding hydrogens is 332 g/mol. The molecule has 3 heterocycles. The predicted molar refractivity (Wildman–Crippen MR) is 97.4 cm³/mol. The number of hydrogen-bond donors (Lipinski definition) is 1. The first-order chi connectivity index (χ1) is 12.5. The van der Waals surface area contributed by atoms with Crippen molar-refractivity contribution < 1.29 is 14.3 Å². The summed E-state index contributed by atoms with van der Waals surface area (Å²) in [6.07, 6.45) is 7.41. The van der Waals surface area contributed by atoms with Crippen LogP contribution in [-0.2, 0) is 20.7 Å². The summed E-state index contributed by atoms with van der Waals surface area (Å²) in [5.74, 6) is 0.336. The summed E-state index contributed by atoms with van der Waals surface area (Å²) in [6, 6.07) is 0. The second-order valence-corrected chi connectivity index (χ2v) is 7.56. The minimum Gasteiger partial charge on any atom is -0.369 e. The van der Waals surface area contributed by atoms with Crippen LogP contribution in [0.5, 0.6) is 0 Å². The lowest BCUT2D eigenvalue weighted by Gasteiger charge is -2.47. The number of hydrogen-bond acceptors (Lipinski definition) is 4. The Morgan fingerprint density at radius 1 is 1.38 bits per heavy atom. The molecule has 2 amide bonds. The van der Waals surface area contributed by atoms with E-state index in [0.29, 0.717) is 13.0 Å². The molecule has 144 valence electrons. The second-order valence-electron chi connectivity index (χ2n) is 7.56. The summed E-state index contributed by atoms with van der Waals surface area (Å²) in [7, 11) is 0. The molecule has 0 aromatic carbocycles. The summed E-state index contributed by atoms with van der Waals surface area (Å²) in [5.41, 5.74) is 1.22. The molecule has 2 aliphatic heterocycles. The van der Waals surface area contributed by atoms with Gasteiger partial charge in [0.15, 0.2) is 0 Å². The molecule has 7 nitrogen and oxygen atoms in total. The summed E-state index contributed by atoms with van der Waals surface area (Å²) in [6.45, 7) is 7.35. The fourth-order valence-corrected chi connectivity index (χ4v) is 4.17. The highest BCUT2D eigenvalue weighted by Gasteiger charge is 2.42. The van der Waals surface area contributed by atoms with Crippen molar-refractivity contribution in [1.29, 1.82) is 0 Å². The first kappa shape index (κ1) is 18.9. The average molecular weight is 362 g/mol. The number of carbonyl (C=O) groups excluding carboxylic acids is 2. The van der Waals surface area contributed by atoms with E-state index in [4.69, 9.17) is 4.74 Å². The number of aromatic amines is 1. The van der Waals surface area contributed by atoms with E-state index in [1.165, 1.54) is 0 Å². The molecule has 0 radical (unpaired) electrons. The van der Waals surface area contributed by atoms with Gasteiger partial charge in [0.05, 0.1) is 6.33 Å². The molecule has 1 N–H and O–H groups in total. The minimum absolute atomic E-state index is 0.0877. The van der Waals surface area contributed by atoms with Crippen molar-refractivity contribution in [2.75, 3.05) is 32.8 Å². The van der Waals surface area contributed by atoms with Crippen LogP contribution in [0.3, 0.4) is 0 Å². The van der Waals surface area contributed by atoms with Crippen LogP contribution in [0.4, 0.5) is 0 Å². The highest BCUT2D eigenvalue weighted by molar-refractivity contribution is 5.80. The first-order valence-corrected chi connectivity index (χ1v) is 9.68. The van der Waals surface area contributed by atoms with E-state index in [1.54, 1.807) is 6.33 Å². The van der Waals surface area contributed by atoms with Gasteiger partial charge in [-0.05, 0) is 38.5 Å². The minimum atomic E-state index is -0.368. The maximum Gasteiger partial charge on any atom is 0.251 e. The van der Waals surface area contributed by atoms with Gasteiger partial charge >= 0.3 is 0 Å². The lowest BCUT2D eigenvalue weighted by atomic mass is 9.72. The van der Waals surface area contributed by atoms with E-state index in [2.05, 4.69) is 9.97 Å². The number of aromatic nitrogens is 2. The quantitative estimate of drug-likeness (QED) is 0.834. The van der Waals surface area contributed by atoms with Gasteiger partial charge in [-0.2, -0.15) is 0 Å². The maximum absolute atomic E-state index is 12.4. The lowest BCUT2D eigenvalue weighted by Crippen LogP contribution is -2.53. The molecule has 1 atom stereocenters. The van der Waals surface area contributed by atoms with E-state index in [0.717, 1.165) is 57.6 Å². The van der Waals surface area contributed by atoms with Gasteiger partial charge in [0, 0.05) is 57.5 Å². The zero-order chi connectivity index (χ0) is 18.6. The van der Waals surface area contributed by atoms with E-state index in [1.807, 2.05) is 29.8 Å². The highest BCUT2D eigenvalue weighted by Crippen LogP contribution is 2.40. The van der Waals surface area contributed by atoms with Crippen LogP contribution >= 0.6 is 0 Å². The predicted octanol–water partition coefficient (Wildman–Crippen LogP) is 1.61. The van der Waals surface area contributed by atoms with Gasteiger partial charge in [-0.3, -0.25) is 9.59 Å².